The summed E-state index contributed by atoms with van der Waals surface area (Å²) in [7, 11) is 0. The summed E-state index contributed by atoms with van der Waals surface area (Å²) < 4.78 is 5.91. The van der Waals surface area contributed by atoms with Crippen molar-refractivity contribution in [3.63, 3.8) is 0 Å². The van der Waals surface area contributed by atoms with Crippen LogP contribution in [0.2, 0.25) is 0 Å². The van der Waals surface area contributed by atoms with Crippen molar-refractivity contribution in [1.29, 1.82) is 0 Å². The van der Waals surface area contributed by atoms with Gasteiger partial charge in [0.25, 0.3) is 0 Å². The van der Waals surface area contributed by atoms with E-state index in [9.17, 15) is 4.79 Å². The van der Waals surface area contributed by atoms with Crippen LogP contribution in [0.1, 0.15) is 11.6 Å². The number of aromatic nitrogens is 1. The van der Waals surface area contributed by atoms with Crippen molar-refractivity contribution in [2.24, 2.45) is 0 Å². The highest BCUT2D eigenvalue weighted by atomic mass is 79.9. The van der Waals surface area contributed by atoms with Gasteiger partial charge in [0.15, 0.2) is 0 Å². The van der Waals surface area contributed by atoms with Gasteiger partial charge in [-0.3, -0.25) is 0 Å². The third-order valence-electron chi connectivity index (χ3n) is 2.72. The average Bonchev–Trinajstić information content (AvgIpc) is 2.83. The molecular weight excluding hydrogens is 272 g/mol. The van der Waals surface area contributed by atoms with Crippen LogP contribution in [-0.4, -0.2) is 17.7 Å². The van der Waals surface area contributed by atoms with E-state index >= 15 is 0 Å². The fourth-order valence-corrected chi connectivity index (χ4v) is 2.32. The number of ether oxygens (including phenoxy) is 1. The number of aromatic amines is 1. The molecule has 1 fully saturated rings. The molecule has 1 aliphatic rings. The molecule has 1 atom stereocenters. The van der Waals surface area contributed by atoms with Gasteiger partial charge < -0.3 is 15.0 Å². The molecule has 1 aromatic heterocycles. The van der Waals surface area contributed by atoms with Gasteiger partial charge in [0.2, 0.25) is 0 Å². The van der Waals surface area contributed by atoms with Crippen LogP contribution < -0.4 is 5.32 Å². The lowest BCUT2D eigenvalue weighted by Crippen LogP contribution is -2.17. The second-order valence-corrected chi connectivity index (χ2v) is 4.64. The summed E-state index contributed by atoms with van der Waals surface area (Å²) in [6.07, 6.45) is 1.56. The van der Waals surface area contributed by atoms with E-state index in [1.54, 1.807) is 0 Å². The maximum Gasteiger partial charge on any atom is 0.407 e. The fraction of sp³-hybridized carbons (Fsp3) is 0.182. The van der Waals surface area contributed by atoms with E-state index in [0.717, 1.165) is 20.9 Å². The molecule has 0 radical (unpaired) electrons. The smallest absolute Gasteiger partial charge is 0.407 e. The Hall–Kier alpha value is -1.49. The van der Waals surface area contributed by atoms with Crippen LogP contribution in [0, 0.1) is 0 Å². The SMILES string of the molecule is O=C1N[C@H](c2c[nH]c3ccc(Br)cc23)CO1. The van der Waals surface area contributed by atoms with Crippen molar-refractivity contribution in [2.75, 3.05) is 6.61 Å². The lowest BCUT2D eigenvalue weighted by atomic mass is 10.1. The Kier molecular flexibility index (Phi) is 2.14. The molecule has 16 heavy (non-hydrogen) atoms. The van der Waals surface area contributed by atoms with E-state index in [1.165, 1.54) is 0 Å². The molecule has 0 saturated carbocycles. The third-order valence-corrected chi connectivity index (χ3v) is 3.22. The predicted octanol–water partition coefficient (Wildman–Crippen LogP) is 2.71. The Morgan fingerprint density at radius 1 is 1.44 bits per heavy atom. The minimum absolute atomic E-state index is 0.0597. The number of carbonyl (C=O) groups is 1. The normalized spacial score (nSPS) is 19.8. The van der Waals surface area contributed by atoms with Gasteiger partial charge >= 0.3 is 6.09 Å². The van der Waals surface area contributed by atoms with Gasteiger partial charge in [-0.05, 0) is 18.2 Å². The molecule has 82 valence electrons. The minimum Gasteiger partial charge on any atom is -0.447 e. The Labute approximate surface area is 100 Å². The summed E-state index contributed by atoms with van der Waals surface area (Å²) in [4.78, 5) is 14.2. The summed E-state index contributed by atoms with van der Waals surface area (Å²) in [6, 6.07) is 5.95. The number of cyclic esters (lactones) is 1. The molecule has 0 bridgehead atoms. The van der Waals surface area contributed by atoms with Crippen LogP contribution >= 0.6 is 15.9 Å². The number of alkyl carbamates (subject to hydrolysis) is 1. The van der Waals surface area contributed by atoms with E-state index in [0.29, 0.717) is 6.61 Å². The monoisotopic (exact) mass is 280 g/mol. The number of benzene rings is 1. The number of rotatable bonds is 1. The summed E-state index contributed by atoms with van der Waals surface area (Å²) in [5.41, 5.74) is 2.11. The molecule has 2 heterocycles. The van der Waals surface area contributed by atoms with Crippen molar-refractivity contribution < 1.29 is 9.53 Å². The zero-order valence-electron chi connectivity index (χ0n) is 8.29. The number of amides is 1. The molecule has 0 aliphatic carbocycles. The Morgan fingerprint density at radius 3 is 3.06 bits per heavy atom. The largest absolute Gasteiger partial charge is 0.447 e. The first-order chi connectivity index (χ1) is 7.74. The highest BCUT2D eigenvalue weighted by Crippen LogP contribution is 2.28. The molecule has 1 amide bonds. The van der Waals surface area contributed by atoms with Crippen LogP contribution in [0.4, 0.5) is 4.79 Å². The van der Waals surface area contributed by atoms with Crippen molar-refractivity contribution in [3.8, 4) is 0 Å². The van der Waals surface area contributed by atoms with Crippen LogP contribution in [0.25, 0.3) is 10.9 Å². The van der Waals surface area contributed by atoms with E-state index < -0.39 is 0 Å². The molecular formula is C11H9BrN2O2. The minimum atomic E-state index is -0.352. The molecule has 2 aromatic rings. The first-order valence-electron chi connectivity index (χ1n) is 4.94. The van der Waals surface area contributed by atoms with E-state index in [1.807, 2.05) is 24.4 Å². The topological polar surface area (TPSA) is 54.1 Å². The van der Waals surface area contributed by atoms with Crippen molar-refractivity contribution in [2.45, 2.75) is 6.04 Å². The number of fused-ring (bicyclic) bond motifs is 1. The zero-order valence-corrected chi connectivity index (χ0v) is 9.87. The van der Waals surface area contributed by atoms with Crippen LogP contribution in [-0.2, 0) is 4.74 Å². The zero-order chi connectivity index (χ0) is 11.1. The number of hydrogen-bond donors (Lipinski definition) is 2. The molecule has 0 spiro atoms. The van der Waals surface area contributed by atoms with E-state index in [2.05, 4.69) is 26.2 Å². The molecule has 0 unspecified atom stereocenters. The van der Waals surface area contributed by atoms with E-state index in [-0.39, 0.29) is 12.1 Å². The first-order valence-corrected chi connectivity index (χ1v) is 5.73. The molecule has 1 saturated heterocycles. The second-order valence-electron chi connectivity index (χ2n) is 3.73. The molecule has 2 N–H and O–H groups in total. The number of nitrogens with one attached hydrogen (secondary N) is 2. The first kappa shape index (κ1) is 9.72. The summed E-state index contributed by atoms with van der Waals surface area (Å²) in [6.45, 7) is 0.387. The lowest BCUT2D eigenvalue weighted by molar-refractivity contribution is 0.177. The number of halogens is 1. The fourth-order valence-electron chi connectivity index (χ4n) is 1.95. The standard InChI is InChI=1S/C11H9BrN2O2/c12-6-1-2-9-7(3-6)8(4-13-9)10-5-16-11(15)14-10/h1-4,10,13H,5H2,(H,14,15)/t10-/m0/s1. The number of H-pyrrole nitrogens is 1. The predicted molar refractivity (Wildman–Crippen MR) is 63.2 cm³/mol. The quantitative estimate of drug-likeness (QED) is 0.844. The average molecular weight is 281 g/mol. The molecule has 5 heteroatoms. The maximum absolute atomic E-state index is 11.0. The van der Waals surface area contributed by atoms with Crippen LogP contribution in [0.3, 0.4) is 0 Å². The highest BCUT2D eigenvalue weighted by molar-refractivity contribution is 9.10. The van der Waals surface area contributed by atoms with Gasteiger partial charge in [0.1, 0.15) is 6.61 Å². The van der Waals surface area contributed by atoms with Gasteiger partial charge in [-0.1, -0.05) is 15.9 Å². The Morgan fingerprint density at radius 2 is 2.31 bits per heavy atom. The summed E-state index contributed by atoms with van der Waals surface area (Å²) in [5, 5.41) is 3.87. The highest BCUT2D eigenvalue weighted by Gasteiger charge is 2.25. The van der Waals surface area contributed by atoms with Crippen molar-refractivity contribution >= 4 is 32.9 Å². The van der Waals surface area contributed by atoms with E-state index in [4.69, 9.17) is 4.74 Å². The molecule has 1 aliphatic heterocycles. The van der Waals surface area contributed by atoms with Gasteiger partial charge in [-0.15, -0.1) is 0 Å². The van der Waals surface area contributed by atoms with Crippen molar-refractivity contribution in [1.82, 2.24) is 10.3 Å². The number of carbonyl (C=O) groups excluding carboxylic acids is 1. The van der Waals surface area contributed by atoms with Gasteiger partial charge in [-0.2, -0.15) is 0 Å². The molecule has 1 aromatic carbocycles. The molecule has 3 rings (SSSR count). The summed E-state index contributed by atoms with van der Waals surface area (Å²) in [5.74, 6) is 0. The second kappa shape index (κ2) is 3.52. The third kappa shape index (κ3) is 1.48. The van der Waals surface area contributed by atoms with Crippen molar-refractivity contribution in [3.05, 3.63) is 34.4 Å². The molecule has 4 nitrogen and oxygen atoms in total. The maximum atomic E-state index is 11.0. The Balaban J connectivity index is 2.09. The van der Waals surface area contributed by atoms with Crippen LogP contribution in [0.5, 0.6) is 0 Å². The lowest BCUT2D eigenvalue weighted by Gasteiger charge is -2.05. The van der Waals surface area contributed by atoms with Gasteiger partial charge in [0.05, 0.1) is 6.04 Å². The van der Waals surface area contributed by atoms with Gasteiger partial charge in [0, 0.05) is 27.1 Å². The van der Waals surface area contributed by atoms with Gasteiger partial charge in [-0.25, -0.2) is 4.79 Å². The summed E-state index contributed by atoms with van der Waals surface area (Å²) >= 11 is 3.44. The Bertz CT molecular complexity index is 564. The van der Waals surface area contributed by atoms with Crippen LogP contribution in [0.15, 0.2) is 28.9 Å². The number of hydrogen-bond acceptors (Lipinski definition) is 2.